The Kier molecular flexibility index (Phi) is 4.14. The average Bonchev–Trinajstić information content (AvgIpc) is 2.58. The second-order valence-corrected chi connectivity index (χ2v) is 5.98. The van der Waals surface area contributed by atoms with Gasteiger partial charge in [-0.05, 0) is 24.7 Å². The molecule has 3 unspecified atom stereocenters. The van der Waals surface area contributed by atoms with E-state index < -0.39 is 11.9 Å². The van der Waals surface area contributed by atoms with Crippen LogP contribution in [-0.2, 0) is 9.59 Å². The molecular formula is C12H23N3O2. The number of nitrogens with two attached hydrogens (primary N) is 2. The molecule has 0 saturated heterocycles. The fourth-order valence-electron chi connectivity index (χ4n) is 2.23. The zero-order chi connectivity index (χ0) is 13.2. The van der Waals surface area contributed by atoms with Crippen LogP contribution in [0, 0.1) is 11.3 Å². The molecule has 1 aliphatic rings. The van der Waals surface area contributed by atoms with Gasteiger partial charge in [0.05, 0.1) is 0 Å². The van der Waals surface area contributed by atoms with Gasteiger partial charge in [-0.25, -0.2) is 0 Å². The molecular weight excluding hydrogens is 218 g/mol. The van der Waals surface area contributed by atoms with Gasteiger partial charge in [0, 0.05) is 12.0 Å². The molecule has 1 aliphatic carbocycles. The fraction of sp³-hybridized carbons (Fsp3) is 0.833. The van der Waals surface area contributed by atoms with E-state index in [2.05, 4.69) is 5.32 Å². The highest BCUT2D eigenvalue weighted by molar-refractivity contribution is 5.88. The smallest absolute Gasteiger partial charge is 0.240 e. The van der Waals surface area contributed by atoms with Crippen molar-refractivity contribution < 1.29 is 9.59 Å². The van der Waals surface area contributed by atoms with Crippen LogP contribution < -0.4 is 16.8 Å². The van der Waals surface area contributed by atoms with Gasteiger partial charge in [-0.1, -0.05) is 20.8 Å². The van der Waals surface area contributed by atoms with Crippen LogP contribution in [0.2, 0.25) is 0 Å². The van der Waals surface area contributed by atoms with Gasteiger partial charge >= 0.3 is 0 Å². The van der Waals surface area contributed by atoms with Crippen molar-refractivity contribution in [1.82, 2.24) is 5.32 Å². The average molecular weight is 241 g/mol. The molecule has 0 radical (unpaired) electrons. The van der Waals surface area contributed by atoms with Crippen LogP contribution in [0.3, 0.4) is 0 Å². The lowest BCUT2D eigenvalue weighted by molar-refractivity contribution is -0.132. The summed E-state index contributed by atoms with van der Waals surface area (Å²) in [7, 11) is 0. The van der Waals surface area contributed by atoms with E-state index in [1.165, 1.54) is 0 Å². The number of hydrogen-bond donors (Lipinski definition) is 3. The Morgan fingerprint density at radius 1 is 1.29 bits per heavy atom. The summed E-state index contributed by atoms with van der Waals surface area (Å²) >= 11 is 0. The molecule has 3 atom stereocenters. The van der Waals surface area contributed by atoms with E-state index in [-0.39, 0.29) is 23.3 Å². The predicted octanol–water partition coefficient (Wildman–Crippen LogP) is 0.130. The Labute approximate surface area is 102 Å². The van der Waals surface area contributed by atoms with Gasteiger partial charge < -0.3 is 16.8 Å². The van der Waals surface area contributed by atoms with Crippen LogP contribution in [-0.4, -0.2) is 23.9 Å². The van der Waals surface area contributed by atoms with Crippen LogP contribution in [0.5, 0.6) is 0 Å². The Bertz CT molecular complexity index is 309. The molecule has 5 heteroatoms. The first kappa shape index (κ1) is 14.0. The largest absolute Gasteiger partial charge is 0.368 e. The van der Waals surface area contributed by atoms with E-state index in [1.54, 1.807) is 0 Å². The number of carbonyl (C=O) groups excluding carboxylic acids is 2. The lowest BCUT2D eigenvalue weighted by Crippen LogP contribution is -2.53. The Morgan fingerprint density at radius 2 is 1.88 bits per heavy atom. The quantitative estimate of drug-likeness (QED) is 0.655. The van der Waals surface area contributed by atoms with Gasteiger partial charge in [0.2, 0.25) is 11.8 Å². The van der Waals surface area contributed by atoms with E-state index in [4.69, 9.17) is 11.5 Å². The molecule has 0 aliphatic heterocycles. The summed E-state index contributed by atoms with van der Waals surface area (Å²) in [4.78, 5) is 23.3. The monoisotopic (exact) mass is 241 g/mol. The second kappa shape index (κ2) is 5.04. The Morgan fingerprint density at radius 3 is 2.24 bits per heavy atom. The summed E-state index contributed by atoms with van der Waals surface area (Å²) in [5.41, 5.74) is 10.7. The number of primary amides is 1. The summed E-state index contributed by atoms with van der Waals surface area (Å²) < 4.78 is 0. The third-order valence-electron chi connectivity index (χ3n) is 3.28. The maximum atomic E-state index is 12.0. The fourth-order valence-corrected chi connectivity index (χ4v) is 2.23. The molecule has 5 N–H and O–H groups in total. The third kappa shape index (κ3) is 3.70. The molecule has 0 bridgehead atoms. The van der Waals surface area contributed by atoms with Crippen LogP contribution in [0.1, 0.15) is 40.0 Å². The molecule has 0 heterocycles. The van der Waals surface area contributed by atoms with Gasteiger partial charge in [-0.3, -0.25) is 9.59 Å². The van der Waals surface area contributed by atoms with Crippen molar-refractivity contribution in [2.24, 2.45) is 22.8 Å². The first-order chi connectivity index (χ1) is 7.71. The van der Waals surface area contributed by atoms with Gasteiger partial charge in [0.25, 0.3) is 0 Å². The maximum absolute atomic E-state index is 12.0. The highest BCUT2D eigenvalue weighted by Crippen LogP contribution is 2.25. The van der Waals surface area contributed by atoms with Crippen LogP contribution in [0.15, 0.2) is 0 Å². The summed E-state index contributed by atoms with van der Waals surface area (Å²) in [6.45, 7) is 5.63. The number of carbonyl (C=O) groups is 2. The second-order valence-electron chi connectivity index (χ2n) is 5.98. The zero-order valence-corrected chi connectivity index (χ0v) is 10.8. The third-order valence-corrected chi connectivity index (χ3v) is 3.28. The van der Waals surface area contributed by atoms with Crippen molar-refractivity contribution in [3.8, 4) is 0 Å². The molecule has 0 spiro atoms. The standard InChI is InChI=1S/C12H23N3O2/c1-12(2,3)9(10(14)16)15-11(17)7-4-5-8(13)6-7/h7-9H,4-6,13H2,1-3H3,(H2,14,16)(H,15,17). The van der Waals surface area contributed by atoms with E-state index in [0.717, 1.165) is 12.8 Å². The minimum atomic E-state index is -0.633. The van der Waals surface area contributed by atoms with Gasteiger partial charge in [0.1, 0.15) is 6.04 Å². The number of amides is 2. The molecule has 98 valence electrons. The topological polar surface area (TPSA) is 98.2 Å². The summed E-state index contributed by atoms with van der Waals surface area (Å²) in [5, 5.41) is 2.75. The SMILES string of the molecule is CC(C)(C)C(NC(=O)C1CCC(N)C1)C(N)=O. The molecule has 2 amide bonds. The first-order valence-corrected chi connectivity index (χ1v) is 6.07. The van der Waals surface area contributed by atoms with Crippen molar-refractivity contribution in [3.63, 3.8) is 0 Å². The number of hydrogen-bond acceptors (Lipinski definition) is 3. The maximum Gasteiger partial charge on any atom is 0.240 e. The lowest BCUT2D eigenvalue weighted by atomic mass is 9.86. The van der Waals surface area contributed by atoms with E-state index in [1.807, 2.05) is 20.8 Å². The molecule has 0 aromatic rings. The molecule has 1 saturated carbocycles. The van der Waals surface area contributed by atoms with E-state index >= 15 is 0 Å². The Hall–Kier alpha value is -1.10. The van der Waals surface area contributed by atoms with Crippen molar-refractivity contribution in [2.75, 3.05) is 0 Å². The highest BCUT2D eigenvalue weighted by Gasteiger charge is 2.34. The van der Waals surface area contributed by atoms with E-state index in [9.17, 15) is 9.59 Å². The first-order valence-electron chi connectivity index (χ1n) is 6.07. The minimum Gasteiger partial charge on any atom is -0.368 e. The van der Waals surface area contributed by atoms with Crippen molar-refractivity contribution >= 4 is 11.8 Å². The molecule has 0 aromatic heterocycles. The number of nitrogens with one attached hydrogen (secondary N) is 1. The van der Waals surface area contributed by atoms with Crippen molar-refractivity contribution in [2.45, 2.75) is 52.1 Å². The van der Waals surface area contributed by atoms with Crippen LogP contribution in [0.25, 0.3) is 0 Å². The van der Waals surface area contributed by atoms with E-state index in [0.29, 0.717) is 6.42 Å². The van der Waals surface area contributed by atoms with Crippen molar-refractivity contribution in [1.29, 1.82) is 0 Å². The van der Waals surface area contributed by atoms with Gasteiger partial charge in [0.15, 0.2) is 0 Å². The molecule has 0 aromatic carbocycles. The zero-order valence-electron chi connectivity index (χ0n) is 10.8. The van der Waals surface area contributed by atoms with Crippen LogP contribution in [0.4, 0.5) is 0 Å². The van der Waals surface area contributed by atoms with Crippen molar-refractivity contribution in [3.05, 3.63) is 0 Å². The molecule has 1 fully saturated rings. The Balaban J connectivity index is 2.62. The number of rotatable bonds is 3. The van der Waals surface area contributed by atoms with Gasteiger partial charge in [-0.2, -0.15) is 0 Å². The summed E-state index contributed by atoms with van der Waals surface area (Å²) in [6.07, 6.45) is 2.36. The minimum absolute atomic E-state index is 0.0748. The summed E-state index contributed by atoms with van der Waals surface area (Å²) in [5.74, 6) is -0.668. The lowest BCUT2D eigenvalue weighted by Gasteiger charge is -2.29. The molecule has 17 heavy (non-hydrogen) atoms. The normalized spacial score (nSPS) is 26.6. The molecule has 5 nitrogen and oxygen atoms in total. The highest BCUT2D eigenvalue weighted by atomic mass is 16.2. The van der Waals surface area contributed by atoms with Gasteiger partial charge in [-0.15, -0.1) is 0 Å². The predicted molar refractivity (Wildman–Crippen MR) is 65.9 cm³/mol. The summed E-state index contributed by atoms with van der Waals surface area (Å²) in [6, 6.07) is -0.528. The van der Waals surface area contributed by atoms with Crippen LogP contribution >= 0.6 is 0 Å². The molecule has 1 rings (SSSR count).